The molecule has 18 heavy (non-hydrogen) atoms. The lowest BCUT2D eigenvalue weighted by molar-refractivity contribution is 0.517. The second-order valence-corrected chi connectivity index (χ2v) is 7.55. The molecule has 1 fully saturated rings. The van der Waals surface area contributed by atoms with Crippen LogP contribution in [0.4, 0.5) is 0 Å². The summed E-state index contributed by atoms with van der Waals surface area (Å²) in [6, 6.07) is 9.70. The fourth-order valence-corrected chi connectivity index (χ4v) is 3.48. The molecule has 1 aliphatic rings. The lowest BCUT2D eigenvalue weighted by Gasteiger charge is -2.21. The van der Waals surface area contributed by atoms with E-state index in [1.54, 1.807) is 0 Å². The van der Waals surface area contributed by atoms with Crippen molar-refractivity contribution in [2.75, 3.05) is 18.1 Å². The summed E-state index contributed by atoms with van der Waals surface area (Å²) in [6.45, 7) is 10.3. The van der Waals surface area contributed by atoms with E-state index in [1.807, 2.05) is 0 Å². The van der Waals surface area contributed by atoms with Crippen molar-refractivity contribution in [1.82, 2.24) is 5.32 Å². The van der Waals surface area contributed by atoms with E-state index in [4.69, 9.17) is 0 Å². The summed E-state index contributed by atoms with van der Waals surface area (Å²) < 4.78 is 0. The van der Waals surface area contributed by atoms with Crippen LogP contribution in [0.1, 0.15) is 44.9 Å². The Morgan fingerprint density at radius 1 is 1.11 bits per heavy atom. The Hall–Kier alpha value is -0.470. The summed E-state index contributed by atoms with van der Waals surface area (Å²) in [7, 11) is 0. The van der Waals surface area contributed by atoms with Gasteiger partial charge in [0.1, 0.15) is 0 Å². The molecule has 1 heterocycles. The van der Waals surface area contributed by atoms with Crippen LogP contribution >= 0.6 is 11.8 Å². The van der Waals surface area contributed by atoms with E-state index >= 15 is 0 Å². The number of hydrogen-bond donors (Lipinski definition) is 1. The molecule has 1 aromatic carbocycles. The zero-order chi connectivity index (χ0) is 13.2. The van der Waals surface area contributed by atoms with E-state index in [9.17, 15) is 0 Å². The molecule has 2 rings (SSSR count). The largest absolute Gasteiger partial charge is 0.309 e. The summed E-state index contributed by atoms with van der Waals surface area (Å²) in [5, 5.41) is 3.69. The van der Waals surface area contributed by atoms with Crippen molar-refractivity contribution in [2.24, 2.45) is 5.92 Å². The highest BCUT2D eigenvalue weighted by molar-refractivity contribution is 7.99. The van der Waals surface area contributed by atoms with Gasteiger partial charge < -0.3 is 5.32 Å². The highest BCUT2D eigenvalue weighted by atomic mass is 32.2. The van der Waals surface area contributed by atoms with Crippen LogP contribution in [0.2, 0.25) is 0 Å². The highest BCUT2D eigenvalue weighted by Crippen LogP contribution is 2.27. The Balaban J connectivity index is 2.09. The number of hydrogen-bond acceptors (Lipinski definition) is 2. The molecule has 100 valence electrons. The monoisotopic (exact) mass is 263 g/mol. The molecule has 0 amide bonds. The fourth-order valence-electron chi connectivity index (χ4n) is 2.28. The number of nitrogens with one attached hydrogen (secondary N) is 1. The fraction of sp³-hybridized carbons (Fsp3) is 0.625. The van der Waals surface area contributed by atoms with Crippen LogP contribution in [-0.4, -0.2) is 18.1 Å². The Morgan fingerprint density at radius 3 is 2.39 bits per heavy atom. The third-order valence-corrected chi connectivity index (χ3v) is 4.95. The molecule has 0 aliphatic carbocycles. The van der Waals surface area contributed by atoms with Gasteiger partial charge in [-0.1, -0.05) is 52.0 Å². The van der Waals surface area contributed by atoms with E-state index in [-0.39, 0.29) is 5.41 Å². The van der Waals surface area contributed by atoms with Crippen molar-refractivity contribution in [1.29, 1.82) is 0 Å². The highest BCUT2D eigenvalue weighted by Gasteiger charge is 2.18. The molecule has 0 saturated carbocycles. The maximum absolute atomic E-state index is 3.69. The Bertz CT molecular complexity index is 377. The summed E-state index contributed by atoms with van der Waals surface area (Å²) in [5.74, 6) is 3.26. The van der Waals surface area contributed by atoms with Crippen molar-refractivity contribution in [3.05, 3.63) is 35.4 Å². The number of thioether (sulfide) groups is 1. The van der Waals surface area contributed by atoms with Crippen LogP contribution in [0.5, 0.6) is 0 Å². The number of rotatable bonds is 1. The summed E-state index contributed by atoms with van der Waals surface area (Å²) in [5.41, 5.74) is 3.10. The van der Waals surface area contributed by atoms with Gasteiger partial charge in [0.15, 0.2) is 0 Å². The predicted octanol–water partition coefficient (Wildman–Crippen LogP) is 4.00. The maximum Gasteiger partial charge on any atom is 0.0411 e. The van der Waals surface area contributed by atoms with Crippen LogP contribution in [-0.2, 0) is 5.41 Å². The van der Waals surface area contributed by atoms with Gasteiger partial charge in [0.05, 0.1) is 0 Å². The van der Waals surface area contributed by atoms with E-state index in [0.29, 0.717) is 6.04 Å². The predicted molar refractivity (Wildman–Crippen MR) is 82.4 cm³/mol. The van der Waals surface area contributed by atoms with Crippen molar-refractivity contribution < 1.29 is 0 Å². The van der Waals surface area contributed by atoms with E-state index in [2.05, 4.69) is 69.0 Å². The molecule has 0 aromatic heterocycles. The Labute approximate surface area is 116 Å². The zero-order valence-electron chi connectivity index (χ0n) is 12.0. The molecule has 1 aliphatic heterocycles. The average Bonchev–Trinajstić information content (AvgIpc) is 2.53. The van der Waals surface area contributed by atoms with E-state index in [0.717, 1.165) is 12.5 Å². The second-order valence-electron chi connectivity index (χ2n) is 6.48. The molecular formula is C16H25NS. The van der Waals surface area contributed by atoms with Gasteiger partial charge in [-0.25, -0.2) is 0 Å². The van der Waals surface area contributed by atoms with Crippen LogP contribution < -0.4 is 5.32 Å². The van der Waals surface area contributed by atoms with Crippen molar-refractivity contribution in [3.63, 3.8) is 0 Å². The molecular weight excluding hydrogens is 238 g/mol. The SMILES string of the molecule is CC1CNC(c2ccc(C(C)(C)C)cc2)CSC1. The second kappa shape index (κ2) is 5.66. The molecule has 1 N–H and O–H groups in total. The van der Waals surface area contributed by atoms with Crippen molar-refractivity contribution in [2.45, 2.75) is 39.2 Å². The minimum Gasteiger partial charge on any atom is -0.309 e. The van der Waals surface area contributed by atoms with Crippen LogP contribution in [0.25, 0.3) is 0 Å². The smallest absolute Gasteiger partial charge is 0.0411 e. The lowest BCUT2D eigenvalue weighted by atomic mass is 9.86. The first kappa shape index (κ1) is 14.0. The van der Waals surface area contributed by atoms with Crippen LogP contribution in [0.3, 0.4) is 0 Å². The normalized spacial score (nSPS) is 25.8. The van der Waals surface area contributed by atoms with E-state index in [1.165, 1.54) is 22.6 Å². The molecule has 1 aromatic rings. The van der Waals surface area contributed by atoms with Gasteiger partial charge in [-0.2, -0.15) is 11.8 Å². The van der Waals surface area contributed by atoms with Crippen molar-refractivity contribution in [3.8, 4) is 0 Å². The molecule has 0 spiro atoms. The molecule has 0 radical (unpaired) electrons. The standard InChI is InChI=1S/C16H25NS/c1-12-9-17-15(11-18-10-12)13-5-7-14(8-6-13)16(2,3)4/h5-8,12,15,17H,9-11H2,1-4H3. The maximum atomic E-state index is 3.69. The summed E-state index contributed by atoms with van der Waals surface area (Å²) in [6.07, 6.45) is 0. The van der Waals surface area contributed by atoms with Gasteiger partial charge in [0.25, 0.3) is 0 Å². The van der Waals surface area contributed by atoms with Gasteiger partial charge in [-0.05, 0) is 34.8 Å². The first-order valence-corrected chi connectivity index (χ1v) is 8.04. The van der Waals surface area contributed by atoms with Gasteiger partial charge in [0, 0.05) is 11.8 Å². The molecule has 1 nitrogen and oxygen atoms in total. The third kappa shape index (κ3) is 3.52. The van der Waals surface area contributed by atoms with Gasteiger partial charge in [0.2, 0.25) is 0 Å². The molecule has 1 saturated heterocycles. The Morgan fingerprint density at radius 2 is 1.78 bits per heavy atom. The third-order valence-electron chi connectivity index (χ3n) is 3.58. The Kier molecular flexibility index (Phi) is 4.39. The summed E-state index contributed by atoms with van der Waals surface area (Å²) >= 11 is 2.07. The molecule has 2 heteroatoms. The number of benzene rings is 1. The van der Waals surface area contributed by atoms with Gasteiger partial charge in [-0.3, -0.25) is 0 Å². The average molecular weight is 263 g/mol. The first-order valence-electron chi connectivity index (χ1n) is 6.88. The minimum atomic E-state index is 0.249. The zero-order valence-corrected chi connectivity index (χ0v) is 12.8. The minimum absolute atomic E-state index is 0.249. The van der Waals surface area contributed by atoms with Gasteiger partial charge in [-0.15, -0.1) is 0 Å². The summed E-state index contributed by atoms with van der Waals surface area (Å²) in [4.78, 5) is 0. The topological polar surface area (TPSA) is 12.0 Å². The van der Waals surface area contributed by atoms with E-state index < -0.39 is 0 Å². The molecule has 2 unspecified atom stereocenters. The van der Waals surface area contributed by atoms with Gasteiger partial charge >= 0.3 is 0 Å². The molecule has 2 atom stereocenters. The lowest BCUT2D eigenvalue weighted by Crippen LogP contribution is -2.25. The van der Waals surface area contributed by atoms with Crippen LogP contribution in [0.15, 0.2) is 24.3 Å². The first-order chi connectivity index (χ1) is 8.47. The van der Waals surface area contributed by atoms with Crippen molar-refractivity contribution >= 4 is 11.8 Å². The molecule has 0 bridgehead atoms. The quantitative estimate of drug-likeness (QED) is 0.822. The van der Waals surface area contributed by atoms with Crippen LogP contribution in [0, 0.1) is 5.92 Å².